The molecule has 1 saturated heterocycles. The van der Waals surface area contributed by atoms with Gasteiger partial charge < -0.3 is 10.3 Å². The summed E-state index contributed by atoms with van der Waals surface area (Å²) in [6.07, 6.45) is 0.277. The molecule has 1 atom stereocenters. The Morgan fingerprint density at radius 1 is 1.26 bits per heavy atom. The van der Waals surface area contributed by atoms with Gasteiger partial charge in [-0.15, -0.1) is 0 Å². The third-order valence-electron chi connectivity index (χ3n) is 4.07. The summed E-state index contributed by atoms with van der Waals surface area (Å²) >= 11 is 0. The van der Waals surface area contributed by atoms with E-state index in [9.17, 15) is 13.2 Å². The first kappa shape index (κ1) is 16.0. The van der Waals surface area contributed by atoms with Crippen LogP contribution in [0.3, 0.4) is 0 Å². The maximum absolute atomic E-state index is 12.6. The van der Waals surface area contributed by atoms with Crippen LogP contribution in [-0.2, 0) is 19.3 Å². The predicted molar refractivity (Wildman–Crippen MR) is 80.6 cm³/mol. The molecule has 0 aliphatic carbocycles. The molecule has 7 heteroatoms. The normalized spacial score (nSPS) is 19.3. The zero-order valence-corrected chi connectivity index (χ0v) is 12.6. The van der Waals surface area contributed by atoms with Crippen molar-refractivity contribution in [2.24, 2.45) is 0 Å². The molecule has 23 heavy (non-hydrogen) atoms. The molecule has 4 nitrogen and oxygen atoms in total. The van der Waals surface area contributed by atoms with E-state index in [1.54, 1.807) is 24.5 Å². The van der Waals surface area contributed by atoms with E-state index in [0.717, 1.165) is 43.0 Å². The Hall–Kier alpha value is -1.86. The number of nitrogens with one attached hydrogen (secondary N) is 2. The summed E-state index contributed by atoms with van der Waals surface area (Å²) in [7, 11) is 0. The van der Waals surface area contributed by atoms with Crippen LogP contribution in [0.25, 0.3) is 0 Å². The van der Waals surface area contributed by atoms with Crippen molar-refractivity contribution >= 4 is 0 Å². The zero-order valence-electron chi connectivity index (χ0n) is 12.6. The van der Waals surface area contributed by atoms with E-state index in [1.165, 1.54) is 0 Å². The second-order valence-electron chi connectivity index (χ2n) is 5.83. The zero-order chi connectivity index (χ0) is 16.3. The lowest BCUT2D eigenvalue weighted by atomic mass is 10.1. The Morgan fingerprint density at radius 2 is 2.04 bits per heavy atom. The molecule has 1 aliphatic heterocycles. The molecule has 1 aromatic carbocycles. The fourth-order valence-corrected chi connectivity index (χ4v) is 2.84. The molecule has 0 radical (unpaired) electrons. The van der Waals surface area contributed by atoms with Crippen LogP contribution in [0.1, 0.15) is 23.4 Å². The highest BCUT2D eigenvalue weighted by atomic mass is 19.4. The first-order valence-electron chi connectivity index (χ1n) is 7.61. The van der Waals surface area contributed by atoms with Crippen LogP contribution < -0.4 is 5.32 Å². The second kappa shape index (κ2) is 6.72. The summed E-state index contributed by atoms with van der Waals surface area (Å²) < 4.78 is 37.7. The number of hydrogen-bond donors (Lipinski definition) is 2. The second-order valence-corrected chi connectivity index (χ2v) is 5.83. The van der Waals surface area contributed by atoms with Gasteiger partial charge in [0.1, 0.15) is 5.82 Å². The third kappa shape index (κ3) is 4.33. The third-order valence-corrected chi connectivity index (χ3v) is 4.07. The largest absolute Gasteiger partial charge is 0.416 e. The standard InChI is InChI=1S/C16H19F3N4/c17-16(18,19)13-3-1-12(2-4-13)10-23-8-5-14(11-23)22-9-15-20-6-7-21-15/h1-4,6-7,14,22H,5,8-11H2,(H,20,21). The topological polar surface area (TPSA) is 44.0 Å². The summed E-state index contributed by atoms with van der Waals surface area (Å²) in [5.41, 5.74) is 0.311. The van der Waals surface area contributed by atoms with Crippen molar-refractivity contribution in [2.75, 3.05) is 13.1 Å². The van der Waals surface area contributed by atoms with Gasteiger partial charge >= 0.3 is 6.18 Å². The van der Waals surface area contributed by atoms with Gasteiger partial charge in [-0.2, -0.15) is 13.2 Å². The number of rotatable bonds is 5. The molecule has 2 aromatic rings. The van der Waals surface area contributed by atoms with E-state index in [4.69, 9.17) is 0 Å². The lowest BCUT2D eigenvalue weighted by molar-refractivity contribution is -0.137. The maximum atomic E-state index is 12.6. The molecule has 0 amide bonds. The first-order chi connectivity index (χ1) is 11.0. The highest BCUT2D eigenvalue weighted by Gasteiger charge is 2.30. The molecule has 2 N–H and O–H groups in total. The van der Waals surface area contributed by atoms with Crippen LogP contribution >= 0.6 is 0 Å². The van der Waals surface area contributed by atoms with Gasteiger partial charge in [-0.3, -0.25) is 4.90 Å². The fraction of sp³-hybridized carbons (Fsp3) is 0.438. The Kier molecular flexibility index (Phi) is 4.68. The number of hydrogen-bond acceptors (Lipinski definition) is 3. The Morgan fingerprint density at radius 3 is 2.70 bits per heavy atom. The van der Waals surface area contributed by atoms with Crippen LogP contribution in [0.15, 0.2) is 36.7 Å². The summed E-state index contributed by atoms with van der Waals surface area (Å²) in [6.45, 7) is 3.21. The molecule has 2 heterocycles. The van der Waals surface area contributed by atoms with Gasteiger partial charge in [0, 0.05) is 38.1 Å². The molecule has 1 aromatic heterocycles. The van der Waals surface area contributed by atoms with E-state index < -0.39 is 11.7 Å². The molecule has 3 rings (SSSR count). The number of nitrogens with zero attached hydrogens (tertiary/aromatic N) is 2. The van der Waals surface area contributed by atoms with Crippen LogP contribution in [0.5, 0.6) is 0 Å². The van der Waals surface area contributed by atoms with Crippen molar-refractivity contribution in [3.63, 3.8) is 0 Å². The molecule has 0 bridgehead atoms. The minimum atomic E-state index is -4.27. The summed E-state index contributed by atoms with van der Waals surface area (Å²) in [6, 6.07) is 5.81. The Balaban J connectivity index is 1.48. The van der Waals surface area contributed by atoms with Gasteiger partial charge in [-0.1, -0.05) is 12.1 Å². The van der Waals surface area contributed by atoms with E-state index in [-0.39, 0.29) is 0 Å². The first-order valence-corrected chi connectivity index (χ1v) is 7.61. The minimum absolute atomic E-state index is 0.384. The van der Waals surface area contributed by atoms with Crippen molar-refractivity contribution in [3.8, 4) is 0 Å². The van der Waals surface area contributed by atoms with Crippen LogP contribution in [0.2, 0.25) is 0 Å². The number of aromatic amines is 1. The highest BCUT2D eigenvalue weighted by Crippen LogP contribution is 2.29. The van der Waals surface area contributed by atoms with E-state index in [1.807, 2.05) is 0 Å². The van der Waals surface area contributed by atoms with Gasteiger partial charge in [-0.05, 0) is 24.1 Å². The van der Waals surface area contributed by atoms with Crippen LogP contribution in [0.4, 0.5) is 13.2 Å². The van der Waals surface area contributed by atoms with Crippen LogP contribution in [-0.4, -0.2) is 34.0 Å². The lowest BCUT2D eigenvalue weighted by Gasteiger charge is -2.17. The van der Waals surface area contributed by atoms with Gasteiger partial charge in [0.25, 0.3) is 0 Å². The Bertz CT molecular complexity index is 607. The van der Waals surface area contributed by atoms with Crippen LogP contribution in [0, 0.1) is 0 Å². The van der Waals surface area contributed by atoms with Gasteiger partial charge in [0.2, 0.25) is 0 Å². The van der Waals surface area contributed by atoms with Gasteiger partial charge in [0.15, 0.2) is 0 Å². The average molecular weight is 324 g/mol. The number of alkyl halides is 3. The highest BCUT2D eigenvalue weighted by molar-refractivity contribution is 5.24. The number of likely N-dealkylation sites (tertiary alicyclic amines) is 1. The number of benzene rings is 1. The smallest absolute Gasteiger partial charge is 0.348 e. The van der Waals surface area contributed by atoms with E-state index >= 15 is 0 Å². The summed E-state index contributed by atoms with van der Waals surface area (Å²) in [5, 5.41) is 3.44. The molecule has 124 valence electrons. The number of H-pyrrole nitrogens is 1. The molecule has 0 saturated carbocycles. The molecule has 1 unspecified atom stereocenters. The van der Waals surface area contributed by atoms with Crippen molar-refractivity contribution in [3.05, 3.63) is 53.6 Å². The number of aromatic nitrogens is 2. The number of halogens is 3. The summed E-state index contributed by atoms with van der Waals surface area (Å²) in [5.74, 6) is 0.909. The fourth-order valence-electron chi connectivity index (χ4n) is 2.84. The SMILES string of the molecule is FC(F)(F)c1ccc(CN2CCC(NCc3ncc[nH]3)C2)cc1. The van der Waals surface area contributed by atoms with Crippen molar-refractivity contribution in [1.29, 1.82) is 0 Å². The quantitative estimate of drug-likeness (QED) is 0.889. The average Bonchev–Trinajstić information content (AvgIpc) is 3.16. The minimum Gasteiger partial charge on any atom is -0.348 e. The summed E-state index contributed by atoms with van der Waals surface area (Å²) in [4.78, 5) is 9.47. The monoisotopic (exact) mass is 324 g/mol. The van der Waals surface area contributed by atoms with E-state index in [2.05, 4.69) is 20.2 Å². The lowest BCUT2D eigenvalue weighted by Crippen LogP contribution is -2.32. The molecular weight excluding hydrogens is 305 g/mol. The molecule has 1 aliphatic rings. The van der Waals surface area contributed by atoms with Crippen molar-refractivity contribution in [2.45, 2.75) is 31.7 Å². The number of imidazole rings is 1. The van der Waals surface area contributed by atoms with Gasteiger partial charge in [-0.25, -0.2) is 4.98 Å². The van der Waals surface area contributed by atoms with E-state index in [0.29, 0.717) is 19.1 Å². The van der Waals surface area contributed by atoms with Gasteiger partial charge in [0.05, 0.1) is 12.1 Å². The van der Waals surface area contributed by atoms with Crippen molar-refractivity contribution in [1.82, 2.24) is 20.2 Å². The maximum Gasteiger partial charge on any atom is 0.416 e. The molecule has 0 spiro atoms. The Labute approximate surface area is 132 Å². The molecular formula is C16H19F3N4. The molecule has 1 fully saturated rings. The predicted octanol–water partition coefficient (Wildman–Crippen LogP) is 2.79. The van der Waals surface area contributed by atoms with Crippen molar-refractivity contribution < 1.29 is 13.2 Å².